The van der Waals surface area contributed by atoms with Crippen LogP contribution < -0.4 is 10.3 Å². The minimum absolute atomic E-state index is 0.251. The van der Waals surface area contributed by atoms with Crippen molar-refractivity contribution in [2.45, 2.75) is 13.8 Å². The van der Waals surface area contributed by atoms with Gasteiger partial charge in [0.25, 0.3) is 5.56 Å². The molecule has 0 radical (unpaired) electrons. The number of ether oxygens (including phenoxy) is 1. The average molecular weight is 230 g/mol. The normalized spacial score (nSPS) is 10.3. The van der Waals surface area contributed by atoms with E-state index in [1.807, 2.05) is 32.0 Å². The van der Waals surface area contributed by atoms with Gasteiger partial charge in [0.05, 0.1) is 13.4 Å². The van der Waals surface area contributed by atoms with E-state index in [0.717, 1.165) is 16.7 Å². The average Bonchev–Trinajstić information content (AvgIpc) is 2.32. The number of hydrogen-bond donors (Lipinski definition) is 1. The Morgan fingerprint density at radius 3 is 2.76 bits per heavy atom. The molecule has 1 N–H and O–H groups in total. The molecule has 4 nitrogen and oxygen atoms in total. The number of methoxy groups -OCH3 is 1. The van der Waals surface area contributed by atoms with Gasteiger partial charge in [-0.15, -0.1) is 0 Å². The zero-order valence-corrected chi connectivity index (χ0v) is 10.1. The van der Waals surface area contributed by atoms with E-state index < -0.39 is 0 Å². The predicted octanol–water partition coefficient (Wildman–Crippen LogP) is 2.06. The fourth-order valence-electron chi connectivity index (χ4n) is 1.78. The molecule has 88 valence electrons. The molecule has 0 fully saturated rings. The van der Waals surface area contributed by atoms with E-state index in [0.29, 0.717) is 5.69 Å². The van der Waals surface area contributed by atoms with Crippen molar-refractivity contribution in [1.29, 1.82) is 0 Å². The summed E-state index contributed by atoms with van der Waals surface area (Å²) >= 11 is 0. The number of aromatic amines is 1. The lowest BCUT2D eigenvalue weighted by molar-refractivity contribution is 0.408. The summed E-state index contributed by atoms with van der Waals surface area (Å²) in [5.74, 6) is 0.251. The maximum Gasteiger partial charge on any atom is 0.293 e. The van der Waals surface area contributed by atoms with E-state index >= 15 is 0 Å². The molecule has 0 spiro atoms. The van der Waals surface area contributed by atoms with Crippen molar-refractivity contribution in [1.82, 2.24) is 9.97 Å². The lowest BCUT2D eigenvalue weighted by Gasteiger charge is -2.10. The standard InChI is InChI=1S/C13H14N2O2/c1-8-5-4-6-10(9(8)2)11-12(17-3)13(16)15-7-14-11/h4-7H,1-3H3,(H,14,15,16). The van der Waals surface area contributed by atoms with Crippen LogP contribution in [-0.2, 0) is 0 Å². The molecule has 1 aromatic heterocycles. The van der Waals surface area contributed by atoms with Crippen LogP contribution in [0.2, 0.25) is 0 Å². The Balaban J connectivity index is 2.73. The van der Waals surface area contributed by atoms with E-state index in [2.05, 4.69) is 9.97 Å². The number of aryl methyl sites for hydroxylation is 1. The third-order valence-electron chi connectivity index (χ3n) is 2.87. The summed E-state index contributed by atoms with van der Waals surface area (Å²) in [5.41, 5.74) is 3.50. The first kappa shape index (κ1) is 11.4. The zero-order valence-electron chi connectivity index (χ0n) is 10.1. The lowest BCUT2D eigenvalue weighted by Crippen LogP contribution is -2.11. The summed E-state index contributed by atoms with van der Waals surface area (Å²) in [4.78, 5) is 18.3. The van der Waals surface area contributed by atoms with E-state index in [1.165, 1.54) is 13.4 Å². The second-order valence-corrected chi connectivity index (χ2v) is 3.86. The van der Waals surface area contributed by atoms with Gasteiger partial charge in [0, 0.05) is 5.56 Å². The highest BCUT2D eigenvalue weighted by Gasteiger charge is 2.13. The van der Waals surface area contributed by atoms with Crippen molar-refractivity contribution >= 4 is 0 Å². The molecule has 0 aliphatic rings. The van der Waals surface area contributed by atoms with Gasteiger partial charge >= 0.3 is 0 Å². The number of nitrogens with zero attached hydrogens (tertiary/aromatic N) is 1. The summed E-state index contributed by atoms with van der Waals surface area (Å²) < 4.78 is 5.12. The van der Waals surface area contributed by atoms with E-state index in [-0.39, 0.29) is 11.3 Å². The summed E-state index contributed by atoms with van der Waals surface area (Å²) in [7, 11) is 1.47. The van der Waals surface area contributed by atoms with Crippen molar-refractivity contribution in [2.75, 3.05) is 7.11 Å². The van der Waals surface area contributed by atoms with Crippen LogP contribution in [0.1, 0.15) is 11.1 Å². The molecule has 0 atom stereocenters. The van der Waals surface area contributed by atoms with Gasteiger partial charge in [0.15, 0.2) is 0 Å². The Kier molecular flexibility index (Phi) is 2.95. The number of rotatable bonds is 2. The number of H-pyrrole nitrogens is 1. The summed E-state index contributed by atoms with van der Waals surface area (Å²) in [6.45, 7) is 4.03. The minimum Gasteiger partial charge on any atom is -0.490 e. The van der Waals surface area contributed by atoms with Crippen LogP contribution in [0.3, 0.4) is 0 Å². The predicted molar refractivity (Wildman–Crippen MR) is 66.3 cm³/mol. The molecule has 4 heteroatoms. The van der Waals surface area contributed by atoms with Gasteiger partial charge in [-0.2, -0.15) is 0 Å². The molecule has 0 saturated carbocycles. The molecule has 0 aliphatic carbocycles. The highest BCUT2D eigenvalue weighted by atomic mass is 16.5. The Morgan fingerprint density at radius 2 is 2.06 bits per heavy atom. The van der Waals surface area contributed by atoms with Crippen LogP contribution in [-0.4, -0.2) is 17.1 Å². The molecule has 0 bridgehead atoms. The minimum atomic E-state index is -0.265. The second-order valence-electron chi connectivity index (χ2n) is 3.86. The third-order valence-corrected chi connectivity index (χ3v) is 2.87. The third kappa shape index (κ3) is 1.93. The van der Waals surface area contributed by atoms with Gasteiger partial charge in [-0.1, -0.05) is 18.2 Å². The molecule has 0 aliphatic heterocycles. The smallest absolute Gasteiger partial charge is 0.293 e. The van der Waals surface area contributed by atoms with Gasteiger partial charge in [-0.25, -0.2) is 4.98 Å². The van der Waals surface area contributed by atoms with Gasteiger partial charge in [-0.05, 0) is 25.0 Å². The van der Waals surface area contributed by atoms with E-state index in [4.69, 9.17) is 4.74 Å². The molecule has 1 aromatic carbocycles. The molecule has 2 aromatic rings. The van der Waals surface area contributed by atoms with E-state index in [1.54, 1.807) is 0 Å². The zero-order chi connectivity index (χ0) is 12.4. The first-order valence-electron chi connectivity index (χ1n) is 5.33. The second kappa shape index (κ2) is 4.41. The topological polar surface area (TPSA) is 55.0 Å². The van der Waals surface area contributed by atoms with E-state index in [9.17, 15) is 4.79 Å². The van der Waals surface area contributed by atoms with Crippen molar-refractivity contribution in [3.8, 4) is 17.0 Å². The molecule has 2 rings (SSSR count). The fourth-order valence-corrected chi connectivity index (χ4v) is 1.78. The Bertz CT molecular complexity index is 603. The van der Waals surface area contributed by atoms with Crippen molar-refractivity contribution in [2.24, 2.45) is 0 Å². The largest absolute Gasteiger partial charge is 0.490 e. The maximum absolute atomic E-state index is 11.6. The molecule has 0 unspecified atom stereocenters. The first-order chi connectivity index (χ1) is 8.15. The van der Waals surface area contributed by atoms with Gasteiger partial charge in [0.1, 0.15) is 5.69 Å². The Morgan fingerprint density at radius 1 is 1.29 bits per heavy atom. The maximum atomic E-state index is 11.6. The van der Waals surface area contributed by atoms with Crippen LogP contribution >= 0.6 is 0 Å². The molecule has 17 heavy (non-hydrogen) atoms. The van der Waals surface area contributed by atoms with Crippen molar-refractivity contribution in [3.05, 3.63) is 46.0 Å². The van der Waals surface area contributed by atoms with Crippen LogP contribution in [0.5, 0.6) is 5.75 Å². The fraction of sp³-hybridized carbons (Fsp3) is 0.231. The first-order valence-corrected chi connectivity index (χ1v) is 5.33. The monoisotopic (exact) mass is 230 g/mol. The van der Waals surface area contributed by atoms with Crippen LogP contribution in [0.4, 0.5) is 0 Å². The molecule has 0 saturated heterocycles. The molecule has 0 amide bonds. The van der Waals surface area contributed by atoms with Gasteiger partial charge < -0.3 is 9.72 Å². The number of benzene rings is 1. The Hall–Kier alpha value is -2.10. The molecule has 1 heterocycles. The van der Waals surface area contributed by atoms with Crippen molar-refractivity contribution < 1.29 is 4.74 Å². The lowest BCUT2D eigenvalue weighted by atomic mass is 10.0. The number of nitrogens with one attached hydrogen (secondary N) is 1. The van der Waals surface area contributed by atoms with Crippen LogP contribution in [0, 0.1) is 13.8 Å². The van der Waals surface area contributed by atoms with Crippen molar-refractivity contribution in [3.63, 3.8) is 0 Å². The highest BCUT2D eigenvalue weighted by Crippen LogP contribution is 2.28. The molecular formula is C13H14N2O2. The summed E-state index contributed by atoms with van der Waals surface area (Å²) in [5, 5.41) is 0. The Labute approximate surface area is 99.3 Å². The SMILES string of the molecule is COc1c(-c2cccc(C)c2C)nc[nH]c1=O. The van der Waals surface area contributed by atoms with Gasteiger partial charge in [-0.3, -0.25) is 4.79 Å². The van der Waals surface area contributed by atoms with Crippen LogP contribution in [0.15, 0.2) is 29.3 Å². The highest BCUT2D eigenvalue weighted by molar-refractivity contribution is 5.69. The summed E-state index contributed by atoms with van der Waals surface area (Å²) in [6, 6.07) is 5.91. The quantitative estimate of drug-likeness (QED) is 0.859. The van der Waals surface area contributed by atoms with Crippen LogP contribution in [0.25, 0.3) is 11.3 Å². The number of aromatic nitrogens is 2. The van der Waals surface area contributed by atoms with Gasteiger partial charge in [0.2, 0.25) is 5.75 Å². The number of hydrogen-bond acceptors (Lipinski definition) is 3. The molecular weight excluding hydrogens is 216 g/mol. The summed E-state index contributed by atoms with van der Waals surface area (Å²) in [6.07, 6.45) is 1.39.